The van der Waals surface area contributed by atoms with E-state index in [1.807, 2.05) is 6.07 Å². The molecule has 0 unspecified atom stereocenters. The lowest BCUT2D eigenvalue weighted by atomic mass is 10.2. The van der Waals surface area contributed by atoms with Crippen LogP contribution in [-0.4, -0.2) is 7.11 Å². The predicted molar refractivity (Wildman–Crippen MR) is 60.8 cm³/mol. The van der Waals surface area contributed by atoms with Gasteiger partial charge in [-0.3, -0.25) is 0 Å². The molecule has 2 aromatic rings. The average Bonchev–Trinajstić information content (AvgIpc) is 2.46. The van der Waals surface area contributed by atoms with Gasteiger partial charge in [-0.25, -0.2) is 0 Å². The molecule has 1 heterocycles. The fraction of sp³-hybridized carbons (Fsp3) is 0.200. The van der Waals surface area contributed by atoms with Crippen LogP contribution >= 0.6 is 27.3 Å². The standard InChI is InChI=1S/C10H9BrOS/c1-6-3-7-4-8(12-2)5-9(11)10(7)13-6/h3-5H,1-2H3. The molecule has 1 nitrogen and oxygen atoms in total. The maximum atomic E-state index is 5.19. The van der Waals surface area contributed by atoms with Crippen molar-refractivity contribution in [2.75, 3.05) is 7.11 Å². The summed E-state index contributed by atoms with van der Waals surface area (Å²) in [6, 6.07) is 6.23. The third-order valence-electron chi connectivity index (χ3n) is 1.90. The van der Waals surface area contributed by atoms with E-state index < -0.39 is 0 Å². The van der Waals surface area contributed by atoms with E-state index in [0.29, 0.717) is 0 Å². The van der Waals surface area contributed by atoms with Crippen molar-refractivity contribution < 1.29 is 4.74 Å². The van der Waals surface area contributed by atoms with Gasteiger partial charge in [-0.1, -0.05) is 0 Å². The van der Waals surface area contributed by atoms with Gasteiger partial charge in [-0.2, -0.15) is 0 Å². The number of methoxy groups -OCH3 is 1. The van der Waals surface area contributed by atoms with Crippen molar-refractivity contribution in [2.45, 2.75) is 6.92 Å². The molecule has 0 radical (unpaired) electrons. The topological polar surface area (TPSA) is 9.23 Å². The number of hydrogen-bond donors (Lipinski definition) is 0. The Hall–Kier alpha value is -0.540. The van der Waals surface area contributed by atoms with Gasteiger partial charge in [0.1, 0.15) is 5.75 Å². The average molecular weight is 257 g/mol. The van der Waals surface area contributed by atoms with Crippen LogP contribution < -0.4 is 4.74 Å². The number of thiophene rings is 1. The Balaban J connectivity index is 2.75. The van der Waals surface area contributed by atoms with Gasteiger partial charge in [0.15, 0.2) is 0 Å². The van der Waals surface area contributed by atoms with Gasteiger partial charge in [0.2, 0.25) is 0 Å². The highest BCUT2D eigenvalue weighted by Gasteiger charge is 2.04. The lowest BCUT2D eigenvalue weighted by Crippen LogP contribution is -1.81. The number of ether oxygens (including phenoxy) is 1. The summed E-state index contributed by atoms with van der Waals surface area (Å²) in [5.41, 5.74) is 0. The molecule has 68 valence electrons. The van der Waals surface area contributed by atoms with Crippen molar-refractivity contribution in [1.82, 2.24) is 0 Å². The largest absolute Gasteiger partial charge is 0.497 e. The first-order chi connectivity index (χ1) is 6.20. The number of hydrogen-bond acceptors (Lipinski definition) is 2. The highest BCUT2D eigenvalue weighted by molar-refractivity contribution is 9.10. The number of rotatable bonds is 1. The van der Waals surface area contributed by atoms with Crippen LogP contribution in [0.1, 0.15) is 4.88 Å². The summed E-state index contributed by atoms with van der Waals surface area (Å²) in [5.74, 6) is 0.900. The Morgan fingerprint density at radius 3 is 2.77 bits per heavy atom. The van der Waals surface area contributed by atoms with Crippen molar-refractivity contribution in [3.8, 4) is 5.75 Å². The summed E-state index contributed by atoms with van der Waals surface area (Å²) < 4.78 is 7.59. The molecule has 0 N–H and O–H groups in total. The summed E-state index contributed by atoms with van der Waals surface area (Å²) in [6.45, 7) is 2.11. The van der Waals surface area contributed by atoms with E-state index in [9.17, 15) is 0 Å². The Kier molecular flexibility index (Phi) is 2.30. The van der Waals surface area contributed by atoms with E-state index in [1.54, 1.807) is 18.4 Å². The smallest absolute Gasteiger partial charge is 0.120 e. The maximum absolute atomic E-state index is 5.19. The fourth-order valence-corrected chi connectivity index (χ4v) is 2.93. The van der Waals surface area contributed by atoms with Crippen molar-refractivity contribution in [2.24, 2.45) is 0 Å². The van der Waals surface area contributed by atoms with E-state index in [0.717, 1.165) is 10.2 Å². The van der Waals surface area contributed by atoms with Gasteiger partial charge in [0.05, 0.1) is 7.11 Å². The van der Waals surface area contributed by atoms with E-state index in [4.69, 9.17) is 4.74 Å². The number of fused-ring (bicyclic) bond motifs is 1. The zero-order valence-electron chi connectivity index (χ0n) is 7.43. The highest BCUT2D eigenvalue weighted by atomic mass is 79.9. The molecular weight excluding hydrogens is 248 g/mol. The summed E-state index contributed by atoms with van der Waals surface area (Å²) in [5, 5.41) is 1.24. The first-order valence-electron chi connectivity index (χ1n) is 3.94. The second kappa shape index (κ2) is 3.31. The summed E-state index contributed by atoms with van der Waals surface area (Å²) in [6.07, 6.45) is 0. The fourth-order valence-electron chi connectivity index (χ4n) is 1.33. The zero-order valence-corrected chi connectivity index (χ0v) is 9.83. The molecule has 0 spiro atoms. The molecule has 0 aliphatic carbocycles. The van der Waals surface area contributed by atoms with Crippen molar-refractivity contribution in [1.29, 1.82) is 0 Å². The number of aryl methyl sites for hydroxylation is 1. The molecule has 0 aliphatic rings. The summed E-state index contributed by atoms with van der Waals surface area (Å²) in [7, 11) is 1.69. The van der Waals surface area contributed by atoms with Crippen LogP contribution in [0.15, 0.2) is 22.7 Å². The van der Waals surface area contributed by atoms with Crippen LogP contribution in [-0.2, 0) is 0 Å². The van der Waals surface area contributed by atoms with Gasteiger partial charge in [-0.15, -0.1) is 11.3 Å². The van der Waals surface area contributed by atoms with Crippen molar-refractivity contribution >= 4 is 37.4 Å². The molecule has 1 aromatic heterocycles. The monoisotopic (exact) mass is 256 g/mol. The van der Waals surface area contributed by atoms with Crippen molar-refractivity contribution in [3.05, 3.63) is 27.5 Å². The van der Waals surface area contributed by atoms with E-state index >= 15 is 0 Å². The molecule has 0 bridgehead atoms. The Morgan fingerprint density at radius 2 is 2.08 bits per heavy atom. The quantitative estimate of drug-likeness (QED) is 0.750. The summed E-state index contributed by atoms with van der Waals surface area (Å²) in [4.78, 5) is 1.32. The molecule has 0 aliphatic heterocycles. The third kappa shape index (κ3) is 1.58. The van der Waals surface area contributed by atoms with E-state index in [-0.39, 0.29) is 0 Å². The molecule has 0 saturated heterocycles. The molecule has 3 heteroatoms. The maximum Gasteiger partial charge on any atom is 0.120 e. The minimum atomic E-state index is 0.900. The van der Waals surface area contributed by atoms with Gasteiger partial charge >= 0.3 is 0 Å². The molecule has 13 heavy (non-hydrogen) atoms. The first kappa shape index (κ1) is 9.03. The lowest BCUT2D eigenvalue weighted by molar-refractivity contribution is 0.415. The minimum Gasteiger partial charge on any atom is -0.497 e. The van der Waals surface area contributed by atoms with Crippen LogP contribution in [0.3, 0.4) is 0 Å². The second-order valence-corrected chi connectivity index (χ2v) is 5.00. The van der Waals surface area contributed by atoms with Crippen LogP contribution in [0.25, 0.3) is 10.1 Å². The predicted octanol–water partition coefficient (Wildman–Crippen LogP) is 3.98. The molecular formula is C10H9BrOS. The number of benzene rings is 1. The normalized spacial score (nSPS) is 10.7. The molecule has 0 atom stereocenters. The summed E-state index contributed by atoms with van der Waals surface area (Å²) >= 11 is 5.33. The SMILES string of the molecule is COc1cc(Br)c2sc(C)cc2c1. The second-order valence-electron chi connectivity index (χ2n) is 2.88. The molecule has 0 fully saturated rings. The van der Waals surface area contributed by atoms with Gasteiger partial charge in [0.25, 0.3) is 0 Å². The third-order valence-corrected chi connectivity index (χ3v) is 3.89. The van der Waals surface area contributed by atoms with Crippen molar-refractivity contribution in [3.63, 3.8) is 0 Å². The first-order valence-corrected chi connectivity index (χ1v) is 5.55. The Labute approximate surface area is 89.5 Å². The van der Waals surface area contributed by atoms with Gasteiger partial charge < -0.3 is 4.74 Å². The van der Waals surface area contributed by atoms with Crippen LogP contribution in [0.5, 0.6) is 5.75 Å². The van der Waals surface area contributed by atoms with Crippen LogP contribution in [0.2, 0.25) is 0 Å². The zero-order chi connectivity index (χ0) is 9.42. The van der Waals surface area contributed by atoms with Gasteiger partial charge in [0, 0.05) is 14.0 Å². The number of halogens is 1. The molecule has 2 rings (SSSR count). The Morgan fingerprint density at radius 1 is 1.31 bits per heavy atom. The van der Waals surface area contributed by atoms with Crippen LogP contribution in [0.4, 0.5) is 0 Å². The molecule has 1 aromatic carbocycles. The minimum absolute atomic E-state index is 0.900. The Bertz CT molecular complexity index is 447. The molecule has 0 saturated carbocycles. The van der Waals surface area contributed by atoms with E-state index in [2.05, 4.69) is 35.0 Å². The van der Waals surface area contributed by atoms with Gasteiger partial charge in [-0.05, 0) is 46.4 Å². The lowest BCUT2D eigenvalue weighted by Gasteiger charge is -2.00. The highest BCUT2D eigenvalue weighted by Crippen LogP contribution is 2.35. The van der Waals surface area contributed by atoms with Crippen LogP contribution in [0, 0.1) is 6.92 Å². The van der Waals surface area contributed by atoms with E-state index in [1.165, 1.54) is 15.0 Å². The molecule has 0 amide bonds.